The Balaban J connectivity index is 1.66. The number of nitrogens with zero attached hydrogens (tertiary/aromatic N) is 5. The van der Waals surface area contributed by atoms with Gasteiger partial charge in [-0.15, -0.1) is 0 Å². The van der Waals surface area contributed by atoms with Crippen LogP contribution >= 0.6 is 0 Å². The lowest BCUT2D eigenvalue weighted by Crippen LogP contribution is -2.54. The first-order valence-corrected chi connectivity index (χ1v) is 10.2. The van der Waals surface area contributed by atoms with Crippen LogP contribution in [0.5, 0.6) is 0 Å². The van der Waals surface area contributed by atoms with Crippen molar-refractivity contribution >= 4 is 11.2 Å². The van der Waals surface area contributed by atoms with Crippen molar-refractivity contribution in [2.45, 2.75) is 25.1 Å². The molecule has 9 nitrogen and oxygen atoms in total. The quantitative estimate of drug-likeness (QED) is 0.556. The third kappa shape index (κ3) is 3.83. The van der Waals surface area contributed by atoms with Gasteiger partial charge in [-0.3, -0.25) is 18.8 Å². The fourth-order valence-corrected chi connectivity index (χ4v) is 4.24. The highest BCUT2D eigenvalue weighted by atomic mass is 16.3. The van der Waals surface area contributed by atoms with Crippen LogP contribution in [0, 0.1) is 0 Å². The molecule has 0 saturated carbocycles. The first kappa shape index (κ1) is 20.5. The molecule has 1 aliphatic heterocycles. The number of fused-ring (bicyclic) bond motifs is 1. The van der Waals surface area contributed by atoms with Crippen LogP contribution < -0.4 is 16.6 Å². The summed E-state index contributed by atoms with van der Waals surface area (Å²) < 4.78 is 4.10. The Labute approximate surface area is 174 Å². The minimum absolute atomic E-state index is 0.0941. The number of rotatable bonds is 6. The zero-order chi connectivity index (χ0) is 21.3. The van der Waals surface area contributed by atoms with Gasteiger partial charge in [0.15, 0.2) is 11.2 Å². The van der Waals surface area contributed by atoms with Crippen molar-refractivity contribution in [3.05, 3.63) is 63.1 Å². The monoisotopic (exact) mass is 412 g/mol. The average molecular weight is 412 g/mol. The molecular formula is C21H28N6O3. The van der Waals surface area contributed by atoms with Crippen LogP contribution in [0.3, 0.4) is 0 Å². The normalized spacial score (nSPS) is 17.3. The van der Waals surface area contributed by atoms with E-state index in [0.29, 0.717) is 17.6 Å². The Morgan fingerprint density at radius 2 is 1.80 bits per heavy atom. The number of nitrogens with one attached hydrogen (secondary N) is 1. The molecule has 30 heavy (non-hydrogen) atoms. The largest absolute Gasteiger partial charge is 0.390 e. The average Bonchev–Trinajstić information content (AvgIpc) is 3.19. The lowest BCUT2D eigenvalue weighted by Gasteiger charge is -2.37. The van der Waals surface area contributed by atoms with Gasteiger partial charge >= 0.3 is 5.69 Å². The summed E-state index contributed by atoms with van der Waals surface area (Å²) >= 11 is 0. The Morgan fingerprint density at radius 1 is 1.10 bits per heavy atom. The molecule has 4 rings (SSSR count). The number of aryl methyl sites for hydroxylation is 1. The summed E-state index contributed by atoms with van der Waals surface area (Å²) in [6.45, 7) is 3.71. The summed E-state index contributed by atoms with van der Waals surface area (Å²) in [5, 5.41) is 14.6. The summed E-state index contributed by atoms with van der Waals surface area (Å²) in [5.41, 5.74) is 1.00. The SMILES string of the molecule is Cn1c(=O)c2c(ncn2CC(O)C(Cc2ccccc2)N2CCNCC2)n(C)c1=O. The molecule has 2 unspecified atom stereocenters. The van der Waals surface area contributed by atoms with E-state index in [4.69, 9.17) is 0 Å². The Bertz CT molecular complexity index is 1130. The van der Waals surface area contributed by atoms with Crippen LogP contribution in [0.1, 0.15) is 5.56 Å². The molecule has 160 valence electrons. The summed E-state index contributed by atoms with van der Waals surface area (Å²) in [6, 6.07) is 10.0. The van der Waals surface area contributed by atoms with Crippen LogP contribution in [0.4, 0.5) is 0 Å². The van der Waals surface area contributed by atoms with Crippen molar-refractivity contribution in [1.29, 1.82) is 0 Å². The number of piperazine rings is 1. The molecule has 1 fully saturated rings. The predicted octanol–water partition coefficient (Wildman–Crippen LogP) is -0.689. The van der Waals surface area contributed by atoms with E-state index in [0.717, 1.165) is 36.3 Å². The number of benzene rings is 1. The second kappa shape index (κ2) is 8.55. The molecule has 1 aromatic carbocycles. The third-order valence-corrected chi connectivity index (χ3v) is 5.95. The summed E-state index contributed by atoms with van der Waals surface area (Å²) in [6.07, 6.45) is 1.54. The smallest absolute Gasteiger partial charge is 0.332 e. The van der Waals surface area contributed by atoms with Crippen LogP contribution in [-0.4, -0.2) is 67.0 Å². The summed E-state index contributed by atoms with van der Waals surface area (Å²) in [7, 11) is 3.05. The second-order valence-corrected chi connectivity index (χ2v) is 7.89. The number of aliphatic hydroxyl groups excluding tert-OH is 1. The van der Waals surface area contributed by atoms with Crippen molar-refractivity contribution < 1.29 is 5.11 Å². The van der Waals surface area contributed by atoms with Gasteiger partial charge in [-0.25, -0.2) is 9.78 Å². The number of aromatic nitrogens is 4. The lowest BCUT2D eigenvalue weighted by atomic mass is 9.98. The van der Waals surface area contributed by atoms with E-state index in [9.17, 15) is 14.7 Å². The van der Waals surface area contributed by atoms with Crippen LogP contribution in [0.2, 0.25) is 0 Å². The van der Waals surface area contributed by atoms with Gasteiger partial charge in [0.25, 0.3) is 5.56 Å². The first-order chi connectivity index (χ1) is 14.5. The number of hydrogen-bond donors (Lipinski definition) is 2. The van der Waals surface area contributed by atoms with Crippen molar-refractivity contribution in [3.8, 4) is 0 Å². The maximum absolute atomic E-state index is 12.7. The molecule has 0 spiro atoms. The Hall–Kier alpha value is -2.75. The van der Waals surface area contributed by atoms with E-state index in [1.807, 2.05) is 18.2 Å². The van der Waals surface area contributed by atoms with Crippen molar-refractivity contribution in [1.82, 2.24) is 28.9 Å². The second-order valence-electron chi connectivity index (χ2n) is 7.89. The molecule has 0 amide bonds. The maximum Gasteiger partial charge on any atom is 0.332 e. The molecular weight excluding hydrogens is 384 g/mol. The first-order valence-electron chi connectivity index (χ1n) is 10.2. The minimum atomic E-state index is -0.706. The van der Waals surface area contributed by atoms with E-state index in [2.05, 4.69) is 27.3 Å². The van der Waals surface area contributed by atoms with E-state index in [1.54, 1.807) is 11.6 Å². The molecule has 3 aromatic rings. The van der Waals surface area contributed by atoms with Crippen molar-refractivity contribution in [2.24, 2.45) is 14.1 Å². The fraction of sp³-hybridized carbons (Fsp3) is 0.476. The van der Waals surface area contributed by atoms with Gasteiger partial charge < -0.3 is 15.0 Å². The summed E-state index contributed by atoms with van der Waals surface area (Å²) in [5.74, 6) is 0. The molecule has 9 heteroatoms. The molecule has 2 aromatic heterocycles. The van der Waals surface area contributed by atoms with E-state index in [1.165, 1.54) is 17.9 Å². The number of hydrogen-bond acceptors (Lipinski definition) is 6. The fourth-order valence-electron chi connectivity index (χ4n) is 4.24. The molecule has 2 N–H and O–H groups in total. The van der Waals surface area contributed by atoms with Gasteiger partial charge in [-0.2, -0.15) is 0 Å². The molecule has 1 aliphatic rings. The highest BCUT2D eigenvalue weighted by Crippen LogP contribution is 2.16. The van der Waals surface area contributed by atoms with Crippen molar-refractivity contribution in [3.63, 3.8) is 0 Å². The topological polar surface area (TPSA) is 97.3 Å². The highest BCUT2D eigenvalue weighted by Gasteiger charge is 2.28. The molecule has 3 heterocycles. The van der Waals surface area contributed by atoms with E-state index in [-0.39, 0.29) is 12.6 Å². The molecule has 0 radical (unpaired) electrons. The van der Waals surface area contributed by atoms with Crippen LogP contribution in [0.25, 0.3) is 11.2 Å². The third-order valence-electron chi connectivity index (χ3n) is 5.95. The molecule has 0 bridgehead atoms. The van der Waals surface area contributed by atoms with Crippen LogP contribution in [-0.2, 0) is 27.1 Å². The molecule has 1 saturated heterocycles. The van der Waals surface area contributed by atoms with E-state index >= 15 is 0 Å². The zero-order valence-corrected chi connectivity index (χ0v) is 17.4. The predicted molar refractivity (Wildman–Crippen MR) is 115 cm³/mol. The molecule has 0 aliphatic carbocycles. The summed E-state index contributed by atoms with van der Waals surface area (Å²) in [4.78, 5) is 31.5. The minimum Gasteiger partial charge on any atom is -0.390 e. The highest BCUT2D eigenvalue weighted by molar-refractivity contribution is 5.69. The zero-order valence-electron chi connectivity index (χ0n) is 17.4. The Morgan fingerprint density at radius 3 is 2.50 bits per heavy atom. The van der Waals surface area contributed by atoms with Gasteiger partial charge in [0.05, 0.1) is 19.0 Å². The van der Waals surface area contributed by atoms with Gasteiger partial charge in [0.1, 0.15) is 0 Å². The standard InChI is InChI=1S/C21H28N6O3/c1-24-19-18(20(29)25(2)21(24)30)27(14-23-19)13-17(28)16(26-10-8-22-9-11-26)12-15-6-4-3-5-7-15/h3-7,14,16-17,22,28H,8-13H2,1-2H3. The Kier molecular flexibility index (Phi) is 5.85. The lowest BCUT2D eigenvalue weighted by molar-refractivity contribution is 0.0322. The van der Waals surface area contributed by atoms with Gasteiger partial charge in [0.2, 0.25) is 0 Å². The van der Waals surface area contributed by atoms with E-state index < -0.39 is 17.4 Å². The van der Waals surface area contributed by atoms with Gasteiger partial charge in [-0.05, 0) is 12.0 Å². The number of aliphatic hydroxyl groups is 1. The van der Waals surface area contributed by atoms with Crippen LogP contribution in [0.15, 0.2) is 46.2 Å². The maximum atomic E-state index is 12.7. The molecule has 2 atom stereocenters. The van der Waals surface area contributed by atoms with Crippen molar-refractivity contribution in [2.75, 3.05) is 26.2 Å². The van der Waals surface area contributed by atoms with Gasteiger partial charge in [0, 0.05) is 46.3 Å². The number of imidazole rings is 1. The van der Waals surface area contributed by atoms with Gasteiger partial charge in [-0.1, -0.05) is 30.3 Å².